The number of aryl methyl sites for hydroxylation is 1. The molecule has 106 valence electrons. The zero-order valence-corrected chi connectivity index (χ0v) is 12.4. The highest BCUT2D eigenvalue weighted by Gasteiger charge is 2.42. The lowest BCUT2D eigenvalue weighted by atomic mass is 10.0. The fourth-order valence-electron chi connectivity index (χ4n) is 2.46. The molecule has 4 nitrogen and oxygen atoms in total. The average molecular weight is 282 g/mol. The van der Waals surface area contributed by atoms with Gasteiger partial charge in [-0.15, -0.1) is 0 Å². The van der Waals surface area contributed by atoms with Crippen LogP contribution < -0.4 is 10.5 Å². The summed E-state index contributed by atoms with van der Waals surface area (Å²) in [4.78, 5) is 0.186. The van der Waals surface area contributed by atoms with Crippen molar-refractivity contribution in [2.24, 2.45) is 5.41 Å². The van der Waals surface area contributed by atoms with E-state index in [2.05, 4.69) is 11.6 Å². The maximum absolute atomic E-state index is 12.3. The van der Waals surface area contributed by atoms with Crippen molar-refractivity contribution >= 4 is 15.7 Å². The first-order valence-corrected chi connectivity index (χ1v) is 8.23. The van der Waals surface area contributed by atoms with E-state index in [4.69, 9.17) is 5.73 Å². The molecule has 1 aromatic rings. The Morgan fingerprint density at radius 2 is 2.05 bits per heavy atom. The first kappa shape index (κ1) is 14.3. The second kappa shape index (κ2) is 5.13. The van der Waals surface area contributed by atoms with Gasteiger partial charge in [0, 0.05) is 6.54 Å². The van der Waals surface area contributed by atoms with Crippen molar-refractivity contribution in [3.8, 4) is 0 Å². The van der Waals surface area contributed by atoms with E-state index in [-0.39, 0.29) is 10.3 Å². The Morgan fingerprint density at radius 1 is 1.37 bits per heavy atom. The minimum Gasteiger partial charge on any atom is -0.398 e. The second-order valence-corrected chi connectivity index (χ2v) is 7.35. The molecule has 0 radical (unpaired) electrons. The number of anilines is 1. The van der Waals surface area contributed by atoms with Crippen LogP contribution in [0.5, 0.6) is 0 Å². The third kappa shape index (κ3) is 3.28. The van der Waals surface area contributed by atoms with Gasteiger partial charge in [0.25, 0.3) is 0 Å². The molecule has 0 unspecified atom stereocenters. The van der Waals surface area contributed by atoms with Crippen molar-refractivity contribution in [1.82, 2.24) is 4.72 Å². The molecular weight excluding hydrogens is 260 g/mol. The van der Waals surface area contributed by atoms with Gasteiger partial charge < -0.3 is 5.73 Å². The van der Waals surface area contributed by atoms with Crippen LogP contribution in [0.2, 0.25) is 0 Å². The van der Waals surface area contributed by atoms with Crippen molar-refractivity contribution < 1.29 is 8.42 Å². The molecule has 1 aliphatic carbocycles. The van der Waals surface area contributed by atoms with Gasteiger partial charge in [-0.05, 0) is 49.3 Å². The van der Waals surface area contributed by atoms with Crippen LogP contribution in [0.25, 0.3) is 0 Å². The molecule has 0 heterocycles. The highest BCUT2D eigenvalue weighted by atomic mass is 32.2. The van der Waals surface area contributed by atoms with Gasteiger partial charge in [0.15, 0.2) is 0 Å². The van der Waals surface area contributed by atoms with Crippen LogP contribution in [0.1, 0.15) is 38.2 Å². The Bertz CT molecular complexity index is 563. The molecule has 1 saturated carbocycles. The number of nitrogens with one attached hydrogen (secondary N) is 1. The minimum atomic E-state index is -3.49. The summed E-state index contributed by atoms with van der Waals surface area (Å²) in [5.41, 5.74) is 7.27. The molecule has 5 heteroatoms. The summed E-state index contributed by atoms with van der Waals surface area (Å²) in [5.74, 6) is 0. The molecule has 3 N–H and O–H groups in total. The van der Waals surface area contributed by atoms with E-state index in [9.17, 15) is 8.42 Å². The largest absolute Gasteiger partial charge is 0.398 e. The van der Waals surface area contributed by atoms with E-state index in [0.29, 0.717) is 12.2 Å². The molecule has 0 saturated heterocycles. The monoisotopic (exact) mass is 282 g/mol. The zero-order valence-electron chi connectivity index (χ0n) is 11.6. The van der Waals surface area contributed by atoms with Crippen LogP contribution in [0.15, 0.2) is 23.1 Å². The highest BCUT2D eigenvalue weighted by molar-refractivity contribution is 7.89. The van der Waals surface area contributed by atoms with Crippen molar-refractivity contribution in [1.29, 1.82) is 0 Å². The van der Waals surface area contributed by atoms with E-state index in [1.807, 2.05) is 6.92 Å². The van der Waals surface area contributed by atoms with Crippen molar-refractivity contribution in [2.75, 3.05) is 12.3 Å². The smallest absolute Gasteiger partial charge is 0.242 e. The molecule has 0 aliphatic heterocycles. The fourth-order valence-corrected chi connectivity index (χ4v) is 3.73. The molecule has 0 amide bonds. The van der Waals surface area contributed by atoms with Crippen LogP contribution in [0.3, 0.4) is 0 Å². The number of sulfonamides is 1. The number of benzene rings is 1. The normalized spacial score (nSPS) is 17.4. The van der Waals surface area contributed by atoms with Crippen LogP contribution in [-0.4, -0.2) is 15.0 Å². The highest BCUT2D eigenvalue weighted by Crippen LogP contribution is 2.49. The minimum absolute atomic E-state index is 0.186. The number of rotatable bonds is 6. The molecule has 2 rings (SSSR count). The molecule has 0 spiro atoms. The molecular formula is C14H22N2O2S. The van der Waals surface area contributed by atoms with Gasteiger partial charge in [-0.3, -0.25) is 0 Å². The van der Waals surface area contributed by atoms with E-state index in [0.717, 1.165) is 31.2 Å². The SMILES string of the molecule is CCCC1(CNS(=O)(=O)c2ccc(C)cc2N)CC1. The lowest BCUT2D eigenvalue weighted by Gasteiger charge is -2.16. The van der Waals surface area contributed by atoms with E-state index in [1.54, 1.807) is 18.2 Å². The van der Waals surface area contributed by atoms with Gasteiger partial charge >= 0.3 is 0 Å². The third-order valence-electron chi connectivity index (χ3n) is 3.83. The molecule has 1 aliphatic rings. The van der Waals surface area contributed by atoms with Gasteiger partial charge in [0.05, 0.1) is 5.69 Å². The maximum Gasteiger partial charge on any atom is 0.242 e. The molecule has 0 atom stereocenters. The standard InChI is InChI=1S/C14H22N2O2S/c1-3-6-14(7-8-14)10-16-19(17,18)13-5-4-11(2)9-12(13)15/h4-5,9,16H,3,6-8,10,15H2,1-2H3. The number of nitrogens with two attached hydrogens (primary N) is 1. The van der Waals surface area contributed by atoms with Gasteiger partial charge in [0.1, 0.15) is 4.90 Å². The van der Waals surface area contributed by atoms with E-state index in [1.165, 1.54) is 0 Å². The van der Waals surface area contributed by atoms with Crippen LogP contribution in [-0.2, 0) is 10.0 Å². The van der Waals surface area contributed by atoms with Crippen LogP contribution in [0, 0.1) is 12.3 Å². The molecule has 0 bridgehead atoms. The summed E-state index contributed by atoms with van der Waals surface area (Å²) >= 11 is 0. The topological polar surface area (TPSA) is 72.2 Å². The number of hydrogen-bond donors (Lipinski definition) is 2. The predicted molar refractivity (Wildman–Crippen MR) is 77.4 cm³/mol. The van der Waals surface area contributed by atoms with E-state index < -0.39 is 10.0 Å². The summed E-state index contributed by atoms with van der Waals surface area (Å²) in [5, 5.41) is 0. The lowest BCUT2D eigenvalue weighted by molar-refractivity contribution is 0.449. The van der Waals surface area contributed by atoms with Crippen molar-refractivity contribution in [3.63, 3.8) is 0 Å². The Morgan fingerprint density at radius 3 is 2.58 bits per heavy atom. The Kier molecular flexibility index (Phi) is 3.87. The zero-order chi connectivity index (χ0) is 14.1. The van der Waals surface area contributed by atoms with Crippen molar-refractivity contribution in [3.05, 3.63) is 23.8 Å². The van der Waals surface area contributed by atoms with Gasteiger partial charge in [0.2, 0.25) is 10.0 Å². The number of nitrogen functional groups attached to an aromatic ring is 1. The summed E-state index contributed by atoms with van der Waals surface area (Å²) in [6.07, 6.45) is 4.41. The van der Waals surface area contributed by atoms with Gasteiger partial charge in [-0.25, -0.2) is 13.1 Å². The summed E-state index contributed by atoms with van der Waals surface area (Å²) in [6, 6.07) is 5.03. The average Bonchev–Trinajstić information content (AvgIpc) is 3.07. The van der Waals surface area contributed by atoms with Gasteiger partial charge in [-0.2, -0.15) is 0 Å². The predicted octanol–water partition coefficient (Wildman–Crippen LogP) is 2.44. The second-order valence-electron chi connectivity index (χ2n) is 5.62. The summed E-state index contributed by atoms with van der Waals surface area (Å²) in [7, 11) is -3.49. The summed E-state index contributed by atoms with van der Waals surface area (Å²) in [6.45, 7) is 4.55. The summed E-state index contributed by atoms with van der Waals surface area (Å²) < 4.78 is 27.2. The molecule has 1 aromatic carbocycles. The molecule has 19 heavy (non-hydrogen) atoms. The fraction of sp³-hybridized carbons (Fsp3) is 0.571. The Balaban J connectivity index is 2.10. The van der Waals surface area contributed by atoms with E-state index >= 15 is 0 Å². The first-order valence-electron chi connectivity index (χ1n) is 6.74. The Hall–Kier alpha value is -1.07. The van der Waals surface area contributed by atoms with Crippen molar-refractivity contribution in [2.45, 2.75) is 44.4 Å². The van der Waals surface area contributed by atoms with Gasteiger partial charge in [-0.1, -0.05) is 19.4 Å². The molecule has 0 aromatic heterocycles. The number of hydrogen-bond acceptors (Lipinski definition) is 3. The third-order valence-corrected chi connectivity index (χ3v) is 5.30. The molecule has 1 fully saturated rings. The lowest BCUT2D eigenvalue weighted by Crippen LogP contribution is -2.30. The van der Waals surface area contributed by atoms with Crippen LogP contribution >= 0.6 is 0 Å². The first-order chi connectivity index (χ1) is 8.88. The maximum atomic E-state index is 12.3. The van der Waals surface area contributed by atoms with Crippen LogP contribution in [0.4, 0.5) is 5.69 Å². The quantitative estimate of drug-likeness (QED) is 0.787. The Labute approximate surface area is 115 Å².